The SMILES string of the molecule is O=C(Nc1ccccc1)Nc1ccc(-c2ccc(C3CCOP(=O)([O-])O3)cc2)cc1. The van der Waals surface area contributed by atoms with Crippen LogP contribution in [0.3, 0.4) is 0 Å². The Morgan fingerprint density at radius 3 is 2.03 bits per heavy atom. The molecule has 2 amide bonds. The maximum Gasteiger partial charge on any atom is 0.323 e. The van der Waals surface area contributed by atoms with Crippen molar-refractivity contribution in [1.29, 1.82) is 0 Å². The smallest absolute Gasteiger partial charge is 0.323 e. The van der Waals surface area contributed by atoms with Gasteiger partial charge in [0.15, 0.2) is 0 Å². The van der Waals surface area contributed by atoms with Crippen LogP contribution in [0.2, 0.25) is 0 Å². The minimum atomic E-state index is -4.21. The van der Waals surface area contributed by atoms with Crippen molar-refractivity contribution >= 4 is 25.2 Å². The highest BCUT2D eigenvalue weighted by Gasteiger charge is 2.25. The Hall–Kier alpha value is -2.96. The molecule has 8 heteroatoms. The van der Waals surface area contributed by atoms with Gasteiger partial charge in [0.1, 0.15) is 0 Å². The molecule has 1 heterocycles. The third-order valence-corrected chi connectivity index (χ3v) is 5.69. The van der Waals surface area contributed by atoms with Crippen molar-refractivity contribution in [2.75, 3.05) is 17.2 Å². The van der Waals surface area contributed by atoms with Crippen LogP contribution in [0, 0.1) is 0 Å². The van der Waals surface area contributed by atoms with Gasteiger partial charge in [-0.2, -0.15) is 0 Å². The Bertz CT molecular complexity index is 1060. The van der Waals surface area contributed by atoms with E-state index >= 15 is 0 Å². The first-order chi connectivity index (χ1) is 14.5. The first-order valence-corrected chi connectivity index (χ1v) is 10.9. The molecule has 154 valence electrons. The molecule has 7 nitrogen and oxygen atoms in total. The third-order valence-electron chi connectivity index (χ3n) is 4.68. The molecule has 0 saturated carbocycles. The van der Waals surface area contributed by atoms with Crippen molar-refractivity contribution < 1.29 is 23.3 Å². The number of phosphoric acid groups is 1. The zero-order chi connectivity index (χ0) is 21.0. The first-order valence-electron chi connectivity index (χ1n) is 9.46. The fraction of sp³-hybridized carbons (Fsp3) is 0.136. The van der Waals surface area contributed by atoms with Crippen LogP contribution >= 0.6 is 7.82 Å². The Kier molecular flexibility index (Phi) is 5.97. The number of anilines is 2. The number of rotatable bonds is 4. The van der Waals surface area contributed by atoms with E-state index in [2.05, 4.69) is 15.2 Å². The van der Waals surface area contributed by atoms with Crippen LogP contribution < -0.4 is 15.5 Å². The molecule has 2 atom stereocenters. The van der Waals surface area contributed by atoms with Gasteiger partial charge >= 0.3 is 6.03 Å². The Labute approximate surface area is 174 Å². The van der Waals surface area contributed by atoms with E-state index in [0.717, 1.165) is 16.7 Å². The first kappa shape index (κ1) is 20.3. The highest BCUT2D eigenvalue weighted by atomic mass is 31.2. The monoisotopic (exact) mass is 423 g/mol. The maximum absolute atomic E-state index is 12.1. The lowest BCUT2D eigenvalue weighted by molar-refractivity contribution is -0.237. The van der Waals surface area contributed by atoms with Crippen LogP contribution in [0.15, 0.2) is 78.9 Å². The molecule has 0 aliphatic carbocycles. The van der Waals surface area contributed by atoms with Gasteiger partial charge < -0.3 is 24.6 Å². The van der Waals surface area contributed by atoms with Crippen molar-refractivity contribution in [2.24, 2.45) is 0 Å². The van der Waals surface area contributed by atoms with Crippen molar-refractivity contribution in [3.63, 3.8) is 0 Å². The van der Waals surface area contributed by atoms with E-state index in [1.54, 1.807) is 0 Å². The number of urea groups is 1. The molecule has 4 rings (SSSR count). The van der Waals surface area contributed by atoms with Gasteiger partial charge in [0.2, 0.25) is 0 Å². The number of hydrogen-bond acceptors (Lipinski definition) is 5. The summed E-state index contributed by atoms with van der Waals surface area (Å²) in [5.41, 5.74) is 4.11. The molecule has 3 aromatic carbocycles. The minimum Gasteiger partial charge on any atom is -0.756 e. The zero-order valence-corrected chi connectivity index (χ0v) is 16.9. The van der Waals surface area contributed by atoms with E-state index in [4.69, 9.17) is 4.52 Å². The molecule has 2 unspecified atom stereocenters. The average molecular weight is 423 g/mol. The minimum absolute atomic E-state index is 0.125. The second-order valence-electron chi connectivity index (χ2n) is 6.81. The summed E-state index contributed by atoms with van der Waals surface area (Å²) in [6, 6.07) is 23.9. The predicted octanol–water partition coefficient (Wildman–Crippen LogP) is 4.94. The molecule has 1 saturated heterocycles. The molecule has 3 aromatic rings. The molecule has 30 heavy (non-hydrogen) atoms. The van der Waals surface area contributed by atoms with Crippen LogP contribution in [-0.4, -0.2) is 12.6 Å². The number of phosphoric ester groups is 1. The highest BCUT2D eigenvalue weighted by Crippen LogP contribution is 2.49. The Morgan fingerprint density at radius 2 is 1.43 bits per heavy atom. The summed E-state index contributed by atoms with van der Waals surface area (Å²) in [7, 11) is -4.21. The Balaban J connectivity index is 1.39. The van der Waals surface area contributed by atoms with E-state index in [0.29, 0.717) is 17.8 Å². The quantitative estimate of drug-likeness (QED) is 0.579. The van der Waals surface area contributed by atoms with Gasteiger partial charge in [-0.05, 0) is 41.0 Å². The molecule has 0 bridgehead atoms. The fourth-order valence-electron chi connectivity index (χ4n) is 3.19. The second-order valence-corrected chi connectivity index (χ2v) is 8.17. The van der Waals surface area contributed by atoms with E-state index in [-0.39, 0.29) is 12.6 Å². The van der Waals surface area contributed by atoms with Gasteiger partial charge in [0, 0.05) is 17.8 Å². The predicted molar refractivity (Wildman–Crippen MR) is 113 cm³/mol. The van der Waals surface area contributed by atoms with Crippen molar-refractivity contribution in [2.45, 2.75) is 12.5 Å². The Morgan fingerprint density at radius 1 is 0.867 bits per heavy atom. The largest absolute Gasteiger partial charge is 0.756 e. The number of para-hydroxylation sites is 1. The summed E-state index contributed by atoms with van der Waals surface area (Å²) >= 11 is 0. The van der Waals surface area contributed by atoms with Crippen LogP contribution in [0.4, 0.5) is 16.2 Å². The lowest BCUT2D eigenvalue weighted by Crippen LogP contribution is -2.19. The van der Waals surface area contributed by atoms with Crippen molar-refractivity contribution in [3.8, 4) is 11.1 Å². The molecule has 1 aliphatic heterocycles. The van der Waals surface area contributed by atoms with Gasteiger partial charge in [-0.15, -0.1) is 0 Å². The topological polar surface area (TPSA) is 99.7 Å². The van der Waals surface area contributed by atoms with Gasteiger partial charge in [0.25, 0.3) is 7.82 Å². The zero-order valence-electron chi connectivity index (χ0n) is 16.0. The molecule has 0 aromatic heterocycles. The molecule has 1 fully saturated rings. The second kappa shape index (κ2) is 8.81. The van der Waals surface area contributed by atoms with Crippen molar-refractivity contribution in [1.82, 2.24) is 0 Å². The van der Waals surface area contributed by atoms with Gasteiger partial charge in [-0.1, -0.05) is 54.6 Å². The summed E-state index contributed by atoms with van der Waals surface area (Å²) in [5.74, 6) is 0. The summed E-state index contributed by atoms with van der Waals surface area (Å²) in [4.78, 5) is 23.6. The number of nitrogens with one attached hydrogen (secondary N) is 2. The molecule has 2 N–H and O–H groups in total. The summed E-state index contributed by atoms with van der Waals surface area (Å²) in [5, 5.41) is 5.56. The summed E-state index contributed by atoms with van der Waals surface area (Å²) < 4.78 is 21.1. The lowest BCUT2D eigenvalue weighted by atomic mass is 10.0. The highest BCUT2D eigenvalue weighted by molar-refractivity contribution is 7.45. The molecule has 0 radical (unpaired) electrons. The summed E-state index contributed by atoms with van der Waals surface area (Å²) in [6.07, 6.45) is -0.0393. The average Bonchev–Trinajstić information content (AvgIpc) is 2.74. The normalized spacial score (nSPS) is 21.0. The number of carbonyl (C=O) groups is 1. The van der Waals surface area contributed by atoms with Crippen LogP contribution in [0.1, 0.15) is 18.1 Å². The van der Waals surface area contributed by atoms with E-state index in [1.807, 2.05) is 78.9 Å². The van der Waals surface area contributed by atoms with Crippen LogP contribution in [0.5, 0.6) is 0 Å². The van der Waals surface area contributed by atoms with Crippen LogP contribution in [0.25, 0.3) is 11.1 Å². The molecule has 0 spiro atoms. The fourth-order valence-corrected chi connectivity index (χ4v) is 4.12. The number of amides is 2. The van der Waals surface area contributed by atoms with Gasteiger partial charge in [0.05, 0.1) is 12.7 Å². The van der Waals surface area contributed by atoms with E-state index in [1.165, 1.54) is 0 Å². The number of hydrogen-bond donors (Lipinski definition) is 2. The standard InChI is InChI=1S/C22H21N2O5P/c25-22(23-19-4-2-1-3-5-19)24-20-12-10-17(11-13-20)16-6-8-18(9-7-16)21-14-15-28-30(26,27)29-21/h1-13,21H,14-15H2,(H,26,27)(H2,23,24,25)/p-1. The van der Waals surface area contributed by atoms with E-state index in [9.17, 15) is 14.3 Å². The van der Waals surface area contributed by atoms with Gasteiger partial charge in [-0.25, -0.2) is 4.79 Å². The van der Waals surface area contributed by atoms with Crippen LogP contribution in [-0.2, 0) is 13.6 Å². The van der Waals surface area contributed by atoms with Gasteiger partial charge in [-0.3, -0.25) is 4.57 Å². The number of benzene rings is 3. The molecular weight excluding hydrogens is 403 g/mol. The molecule has 1 aliphatic rings. The maximum atomic E-state index is 12.1. The molecular formula is C22H20N2O5P-. The number of carbonyl (C=O) groups excluding carboxylic acids is 1. The summed E-state index contributed by atoms with van der Waals surface area (Å²) in [6.45, 7) is 0.125. The lowest BCUT2D eigenvalue weighted by Gasteiger charge is -2.33. The van der Waals surface area contributed by atoms with E-state index < -0.39 is 13.9 Å². The van der Waals surface area contributed by atoms with Crippen molar-refractivity contribution in [3.05, 3.63) is 84.4 Å². The third kappa shape index (κ3) is 5.14.